The molecule has 1 aromatic carbocycles. The lowest BCUT2D eigenvalue weighted by atomic mass is 10.1. The highest BCUT2D eigenvalue weighted by Crippen LogP contribution is 2.23. The zero-order valence-corrected chi connectivity index (χ0v) is 21.4. The van der Waals surface area contributed by atoms with Crippen molar-refractivity contribution >= 4 is 33.6 Å². The molecule has 1 fully saturated rings. The molecule has 1 aliphatic heterocycles. The number of nitrogens with one attached hydrogen (secondary N) is 1. The predicted octanol–water partition coefficient (Wildman–Crippen LogP) is 3.27. The lowest BCUT2D eigenvalue weighted by molar-refractivity contribution is 0.1000. The van der Waals surface area contributed by atoms with E-state index < -0.39 is 0 Å². The minimum atomic E-state index is -0.217. The second kappa shape index (κ2) is 9.75. The van der Waals surface area contributed by atoms with Gasteiger partial charge in [0, 0.05) is 36.9 Å². The van der Waals surface area contributed by atoms with E-state index in [1.165, 1.54) is 0 Å². The van der Waals surface area contributed by atoms with Gasteiger partial charge in [-0.2, -0.15) is 15.1 Å². The number of likely N-dealkylation sites (tertiary alicyclic amines) is 1. The Morgan fingerprint density at radius 1 is 1.18 bits per heavy atom. The number of pyridine rings is 1. The third-order valence-electron chi connectivity index (χ3n) is 6.77. The number of rotatable bonds is 7. The number of anilines is 2. The summed E-state index contributed by atoms with van der Waals surface area (Å²) < 4.78 is 11.3. The summed E-state index contributed by atoms with van der Waals surface area (Å²) in [5.74, 6) is 1.41. The second-order valence-electron chi connectivity index (χ2n) is 9.56. The monoisotopic (exact) mass is 511 g/mol. The van der Waals surface area contributed by atoms with Gasteiger partial charge in [0.05, 0.1) is 18.3 Å². The molecule has 6 rings (SSSR count). The highest BCUT2D eigenvalue weighted by Gasteiger charge is 2.21. The molecule has 194 valence electrons. The van der Waals surface area contributed by atoms with Gasteiger partial charge in [0.1, 0.15) is 11.5 Å². The molecule has 0 amide bonds. The van der Waals surface area contributed by atoms with Gasteiger partial charge >= 0.3 is 0 Å². The van der Waals surface area contributed by atoms with Crippen molar-refractivity contribution in [3.8, 4) is 11.7 Å². The Kier molecular flexibility index (Phi) is 6.12. The van der Waals surface area contributed by atoms with E-state index in [1.54, 1.807) is 21.6 Å². The van der Waals surface area contributed by atoms with E-state index in [1.807, 2.05) is 54.3 Å². The van der Waals surface area contributed by atoms with Crippen molar-refractivity contribution in [3.05, 3.63) is 71.8 Å². The van der Waals surface area contributed by atoms with E-state index >= 15 is 0 Å². The molecule has 1 N–H and O–H groups in total. The van der Waals surface area contributed by atoms with Crippen molar-refractivity contribution in [2.75, 3.05) is 25.5 Å². The van der Waals surface area contributed by atoms with Gasteiger partial charge in [-0.3, -0.25) is 9.48 Å². The number of allylic oxidation sites excluding steroid dienone is 1. The minimum Gasteiger partial charge on any atom is -0.473 e. The van der Waals surface area contributed by atoms with E-state index in [0.717, 1.165) is 42.5 Å². The van der Waals surface area contributed by atoms with Crippen molar-refractivity contribution in [1.29, 1.82) is 0 Å². The molecule has 4 aromatic heterocycles. The second-order valence-corrected chi connectivity index (χ2v) is 9.56. The van der Waals surface area contributed by atoms with E-state index in [0.29, 0.717) is 28.7 Å². The summed E-state index contributed by atoms with van der Waals surface area (Å²) in [6.45, 7) is 6.04. The molecule has 11 nitrogen and oxygen atoms in total. The summed E-state index contributed by atoms with van der Waals surface area (Å²) >= 11 is 0. The number of hydrogen-bond acceptors (Lipinski definition) is 8. The number of likely N-dealkylation sites (N-methyl/N-ethyl adjacent to an activating group) is 1. The fourth-order valence-electron chi connectivity index (χ4n) is 4.95. The number of ether oxygens (including phenoxy) is 1. The topological polar surface area (TPSA) is 108 Å². The molecule has 5 aromatic rings. The van der Waals surface area contributed by atoms with Crippen LogP contribution in [0.25, 0.3) is 27.8 Å². The normalized spacial score (nSPS) is 16.2. The minimum absolute atomic E-state index is 0.0727. The lowest BCUT2D eigenvalue weighted by Gasteiger charge is -2.29. The van der Waals surface area contributed by atoms with Crippen LogP contribution in [-0.2, 0) is 13.6 Å². The number of aromatic nitrogens is 7. The van der Waals surface area contributed by atoms with E-state index in [-0.39, 0.29) is 18.2 Å². The van der Waals surface area contributed by atoms with Crippen LogP contribution in [0.4, 0.5) is 11.6 Å². The predicted molar refractivity (Wildman–Crippen MR) is 146 cm³/mol. The van der Waals surface area contributed by atoms with Crippen LogP contribution < -0.4 is 15.6 Å². The van der Waals surface area contributed by atoms with Crippen LogP contribution in [0.2, 0.25) is 0 Å². The Hall–Kier alpha value is -4.51. The molecule has 11 heteroatoms. The number of benzene rings is 1. The Morgan fingerprint density at radius 3 is 2.92 bits per heavy atom. The summed E-state index contributed by atoms with van der Waals surface area (Å²) in [6, 6.07) is 11.5. The average Bonchev–Trinajstić information content (AvgIpc) is 3.41. The van der Waals surface area contributed by atoms with Crippen molar-refractivity contribution in [3.63, 3.8) is 0 Å². The quantitative estimate of drug-likeness (QED) is 0.332. The van der Waals surface area contributed by atoms with Crippen LogP contribution in [-0.4, -0.2) is 65.2 Å². The Balaban J connectivity index is 1.39. The van der Waals surface area contributed by atoms with E-state index in [2.05, 4.69) is 33.9 Å². The van der Waals surface area contributed by atoms with Crippen LogP contribution in [0.15, 0.2) is 66.2 Å². The van der Waals surface area contributed by atoms with Crippen molar-refractivity contribution in [2.45, 2.75) is 25.5 Å². The van der Waals surface area contributed by atoms with Crippen LogP contribution >= 0.6 is 0 Å². The Morgan fingerprint density at radius 2 is 2.08 bits per heavy atom. The first-order valence-corrected chi connectivity index (χ1v) is 12.6. The van der Waals surface area contributed by atoms with Crippen LogP contribution in [0.5, 0.6) is 5.88 Å². The van der Waals surface area contributed by atoms with Gasteiger partial charge in [-0.25, -0.2) is 14.3 Å². The molecule has 0 unspecified atom stereocenters. The molecule has 1 aliphatic rings. The summed E-state index contributed by atoms with van der Waals surface area (Å²) in [4.78, 5) is 29.4. The molecule has 1 saturated heterocycles. The van der Waals surface area contributed by atoms with Gasteiger partial charge in [-0.15, -0.1) is 6.58 Å². The molecule has 0 saturated carbocycles. The molecule has 0 aliphatic carbocycles. The number of aryl methyl sites for hydroxylation is 1. The van der Waals surface area contributed by atoms with Gasteiger partial charge in [-0.1, -0.05) is 12.1 Å². The zero-order chi connectivity index (χ0) is 26.2. The van der Waals surface area contributed by atoms with Crippen molar-refractivity contribution in [1.82, 2.24) is 39.0 Å². The van der Waals surface area contributed by atoms with Gasteiger partial charge in [0.25, 0.3) is 5.56 Å². The fraction of sp³-hybridized carbons (Fsp3) is 0.296. The van der Waals surface area contributed by atoms with Crippen LogP contribution in [0, 0.1) is 0 Å². The third-order valence-corrected chi connectivity index (χ3v) is 6.77. The van der Waals surface area contributed by atoms with Crippen LogP contribution in [0.1, 0.15) is 12.8 Å². The van der Waals surface area contributed by atoms with Gasteiger partial charge in [0.15, 0.2) is 11.5 Å². The highest BCUT2D eigenvalue weighted by molar-refractivity contribution is 5.83. The van der Waals surface area contributed by atoms with Gasteiger partial charge in [0.2, 0.25) is 11.8 Å². The summed E-state index contributed by atoms with van der Waals surface area (Å²) in [6.07, 6.45) is 7.17. The molecule has 0 bridgehead atoms. The lowest BCUT2D eigenvalue weighted by Crippen LogP contribution is -2.38. The molecule has 0 radical (unpaired) electrons. The van der Waals surface area contributed by atoms with Crippen LogP contribution in [0.3, 0.4) is 0 Å². The smallest absolute Gasteiger partial charge is 0.278 e. The van der Waals surface area contributed by atoms with Crippen molar-refractivity contribution in [2.24, 2.45) is 7.05 Å². The third kappa shape index (κ3) is 4.41. The summed E-state index contributed by atoms with van der Waals surface area (Å²) in [7, 11) is 4.00. The zero-order valence-electron chi connectivity index (χ0n) is 21.4. The highest BCUT2D eigenvalue weighted by atomic mass is 16.5. The number of nitrogens with zero attached hydrogens (tertiary/aromatic N) is 8. The van der Waals surface area contributed by atoms with Gasteiger partial charge in [-0.05, 0) is 50.7 Å². The molecule has 0 spiro atoms. The average molecular weight is 512 g/mol. The molecular weight excluding hydrogens is 482 g/mol. The largest absolute Gasteiger partial charge is 0.473 e. The summed E-state index contributed by atoms with van der Waals surface area (Å²) in [5, 5.41) is 8.94. The Labute approximate surface area is 219 Å². The maximum Gasteiger partial charge on any atom is 0.278 e. The first-order valence-electron chi connectivity index (χ1n) is 12.6. The summed E-state index contributed by atoms with van der Waals surface area (Å²) in [5.41, 5.74) is 2.06. The molecular formula is C27H29N9O2. The molecule has 5 heterocycles. The standard InChI is InChI=1S/C27H29N9O2/c1-4-12-35-26(37)21-16-28-27(30-19-10-11-22-18(14-19)15-29-34(22)3)32-25(21)36(35)23-8-5-9-24(31-23)38-20-7-6-13-33(2)17-20/h4-5,8-11,14-16,20H,1,6-7,12-13,17H2,2-3H3,(H,28,30,32)/t20-/m1/s1. The maximum absolute atomic E-state index is 13.3. The van der Waals surface area contributed by atoms with Crippen molar-refractivity contribution < 1.29 is 4.74 Å². The Bertz CT molecular complexity index is 1700. The maximum atomic E-state index is 13.3. The van der Waals surface area contributed by atoms with Gasteiger partial charge < -0.3 is 15.0 Å². The number of hydrogen-bond donors (Lipinski definition) is 1. The first kappa shape index (κ1) is 23.9. The molecule has 1 atom stereocenters. The van der Waals surface area contributed by atoms with E-state index in [9.17, 15) is 4.79 Å². The molecule has 38 heavy (non-hydrogen) atoms. The first-order chi connectivity index (χ1) is 18.5. The number of fused-ring (bicyclic) bond motifs is 2. The SMILES string of the molecule is C=CCn1c(=O)c2cnc(Nc3ccc4c(cnn4C)c3)nc2n1-c1cccc(O[C@@H]2CCCN(C)C2)n1. The number of piperidine rings is 1. The van der Waals surface area contributed by atoms with E-state index in [4.69, 9.17) is 14.7 Å². The fourth-order valence-corrected chi connectivity index (χ4v) is 4.95.